The van der Waals surface area contributed by atoms with Crippen molar-refractivity contribution in [3.8, 4) is 5.75 Å². The Bertz CT molecular complexity index is 976. The van der Waals surface area contributed by atoms with Crippen molar-refractivity contribution < 1.29 is 9.53 Å². The number of amides is 1. The second kappa shape index (κ2) is 7.22. The van der Waals surface area contributed by atoms with E-state index in [4.69, 9.17) is 9.84 Å². The zero-order chi connectivity index (χ0) is 21.0. The lowest BCUT2D eigenvalue weighted by Crippen LogP contribution is -2.53. The van der Waals surface area contributed by atoms with Crippen LogP contribution in [-0.2, 0) is 4.79 Å². The molecule has 0 spiro atoms. The highest BCUT2D eigenvalue weighted by Gasteiger charge is 2.57. The number of hydrazone groups is 1. The highest BCUT2D eigenvalue weighted by atomic mass is 16.5. The molecule has 4 bridgehead atoms. The Hall–Kier alpha value is -2.62. The molecule has 0 saturated heterocycles. The molecule has 4 fully saturated rings. The Balaban J connectivity index is 1.36. The number of methoxy groups -OCH3 is 1. The van der Waals surface area contributed by atoms with Gasteiger partial charge < -0.3 is 4.74 Å². The molecule has 5 aliphatic rings. The van der Waals surface area contributed by atoms with Crippen LogP contribution >= 0.6 is 0 Å². The lowest BCUT2D eigenvalue weighted by atomic mass is 9.49. The number of benzene rings is 2. The zero-order valence-electron chi connectivity index (χ0n) is 18.2. The number of carbonyl (C=O) groups is 1. The maximum Gasteiger partial charge on any atom is 0.249 e. The molecular formula is C27H30N2O2. The zero-order valence-corrected chi connectivity index (χ0v) is 18.2. The summed E-state index contributed by atoms with van der Waals surface area (Å²) >= 11 is 0. The van der Waals surface area contributed by atoms with Gasteiger partial charge in [0.2, 0.25) is 5.91 Å². The Kier molecular flexibility index (Phi) is 4.45. The standard InChI is InChI=1S/C27H30N2O2/c1-31-23-9-7-21(8-10-23)24-14-25(22-5-3-2-4-6-22)29(28-24)26(30)27-15-18-11-19(16-27)13-20(12-18)17-27/h2-10,18-20,25H,11-17H2,1H3/t18?,19?,20?,25-,27?/m1/s1. The van der Waals surface area contributed by atoms with Gasteiger partial charge in [-0.15, -0.1) is 0 Å². The first kappa shape index (κ1) is 19.1. The summed E-state index contributed by atoms with van der Waals surface area (Å²) < 4.78 is 5.31. The van der Waals surface area contributed by atoms with Crippen molar-refractivity contribution in [2.24, 2.45) is 28.3 Å². The summed E-state index contributed by atoms with van der Waals surface area (Å²) in [7, 11) is 1.68. The minimum absolute atomic E-state index is 0.0150. The van der Waals surface area contributed by atoms with Gasteiger partial charge in [-0.05, 0) is 91.7 Å². The quantitative estimate of drug-likeness (QED) is 0.654. The van der Waals surface area contributed by atoms with Crippen LogP contribution in [0.15, 0.2) is 59.7 Å². The first-order chi connectivity index (χ1) is 15.1. The Morgan fingerprint density at radius 1 is 0.935 bits per heavy atom. The average molecular weight is 415 g/mol. The Morgan fingerprint density at radius 3 is 2.13 bits per heavy atom. The fourth-order valence-corrected chi connectivity index (χ4v) is 7.21. The molecule has 2 aromatic carbocycles. The van der Waals surface area contributed by atoms with Gasteiger partial charge >= 0.3 is 0 Å². The van der Waals surface area contributed by atoms with Gasteiger partial charge in [-0.3, -0.25) is 4.79 Å². The number of ether oxygens (including phenoxy) is 1. The first-order valence-electron chi connectivity index (χ1n) is 11.7. The summed E-state index contributed by atoms with van der Waals surface area (Å²) in [6, 6.07) is 18.5. The molecule has 4 aliphatic carbocycles. The van der Waals surface area contributed by atoms with E-state index in [1.54, 1.807) is 7.11 Å². The van der Waals surface area contributed by atoms with Gasteiger partial charge in [-0.1, -0.05) is 30.3 Å². The van der Waals surface area contributed by atoms with Crippen molar-refractivity contribution in [2.75, 3.05) is 7.11 Å². The smallest absolute Gasteiger partial charge is 0.249 e. The van der Waals surface area contributed by atoms with E-state index in [1.807, 2.05) is 23.2 Å². The fraction of sp³-hybridized carbons (Fsp3) is 0.481. The van der Waals surface area contributed by atoms with Crippen molar-refractivity contribution in [3.63, 3.8) is 0 Å². The molecule has 1 atom stereocenters. The molecule has 0 N–H and O–H groups in total. The van der Waals surface area contributed by atoms with Gasteiger partial charge in [-0.25, -0.2) is 5.01 Å². The van der Waals surface area contributed by atoms with Gasteiger partial charge in [-0.2, -0.15) is 5.10 Å². The summed E-state index contributed by atoms with van der Waals surface area (Å²) in [6.07, 6.45) is 8.00. The van der Waals surface area contributed by atoms with E-state index in [1.165, 1.54) is 24.8 Å². The van der Waals surface area contributed by atoms with Crippen LogP contribution in [0.5, 0.6) is 5.75 Å². The van der Waals surface area contributed by atoms with Gasteiger partial charge in [0.1, 0.15) is 5.75 Å². The maximum absolute atomic E-state index is 14.2. The molecule has 1 aliphatic heterocycles. The minimum Gasteiger partial charge on any atom is -0.497 e. The third-order valence-corrected chi connectivity index (χ3v) is 8.22. The van der Waals surface area contributed by atoms with E-state index in [2.05, 4.69) is 36.4 Å². The minimum atomic E-state index is -0.180. The van der Waals surface area contributed by atoms with Gasteiger partial charge in [0, 0.05) is 6.42 Å². The van der Waals surface area contributed by atoms with Gasteiger partial charge in [0.15, 0.2) is 0 Å². The maximum atomic E-state index is 14.2. The number of nitrogens with zero attached hydrogens (tertiary/aromatic N) is 2. The summed E-state index contributed by atoms with van der Waals surface area (Å²) in [5, 5.41) is 6.87. The topological polar surface area (TPSA) is 41.9 Å². The Morgan fingerprint density at radius 2 is 1.55 bits per heavy atom. The molecule has 1 amide bonds. The van der Waals surface area contributed by atoms with Crippen molar-refractivity contribution in [2.45, 2.75) is 51.0 Å². The highest BCUT2D eigenvalue weighted by molar-refractivity contribution is 6.03. The van der Waals surface area contributed by atoms with Crippen LogP contribution in [0.4, 0.5) is 0 Å². The third-order valence-electron chi connectivity index (χ3n) is 8.22. The van der Waals surface area contributed by atoms with Crippen LogP contribution in [0.25, 0.3) is 0 Å². The fourth-order valence-electron chi connectivity index (χ4n) is 7.21. The normalized spacial score (nSPS) is 33.5. The summed E-state index contributed by atoms with van der Waals surface area (Å²) in [5.74, 6) is 3.36. The Labute approximate surface area is 184 Å². The van der Waals surface area contributed by atoms with Crippen molar-refractivity contribution in [3.05, 3.63) is 65.7 Å². The van der Waals surface area contributed by atoms with Crippen molar-refractivity contribution >= 4 is 11.6 Å². The molecule has 0 radical (unpaired) electrons. The second-order valence-electron chi connectivity index (χ2n) is 10.3. The number of rotatable bonds is 4. The van der Waals surface area contributed by atoms with Gasteiger partial charge in [0.05, 0.1) is 24.3 Å². The molecule has 4 nitrogen and oxygen atoms in total. The van der Waals surface area contributed by atoms with Crippen LogP contribution in [0.1, 0.15) is 62.1 Å². The lowest BCUT2D eigenvalue weighted by molar-refractivity contribution is -0.159. The molecule has 0 aromatic heterocycles. The average Bonchev–Trinajstić information content (AvgIpc) is 3.24. The predicted octanol–water partition coefficient (Wildman–Crippen LogP) is 5.59. The van der Waals surface area contributed by atoms with Crippen molar-refractivity contribution in [1.29, 1.82) is 0 Å². The van der Waals surface area contributed by atoms with Gasteiger partial charge in [0.25, 0.3) is 0 Å². The monoisotopic (exact) mass is 414 g/mol. The van der Waals surface area contributed by atoms with E-state index >= 15 is 0 Å². The molecule has 4 heteroatoms. The molecule has 160 valence electrons. The first-order valence-corrected chi connectivity index (χ1v) is 11.7. The van der Waals surface area contributed by atoms with Crippen molar-refractivity contribution in [1.82, 2.24) is 5.01 Å². The van der Waals surface area contributed by atoms with E-state index < -0.39 is 0 Å². The van der Waals surface area contributed by atoms with Crippen LogP contribution in [0.3, 0.4) is 0 Å². The number of carbonyl (C=O) groups excluding carboxylic acids is 1. The number of hydrogen-bond donors (Lipinski definition) is 0. The molecule has 31 heavy (non-hydrogen) atoms. The largest absolute Gasteiger partial charge is 0.497 e. The molecule has 1 heterocycles. The SMILES string of the molecule is COc1ccc(C2=NN(C(=O)C34CC5CC(CC(C5)C3)C4)[C@@H](c3ccccc3)C2)cc1. The van der Waals surface area contributed by atoms with Crippen LogP contribution in [0.2, 0.25) is 0 Å². The highest BCUT2D eigenvalue weighted by Crippen LogP contribution is 2.61. The number of hydrogen-bond acceptors (Lipinski definition) is 3. The predicted molar refractivity (Wildman–Crippen MR) is 121 cm³/mol. The summed E-state index contributed by atoms with van der Waals surface area (Å²) in [5.41, 5.74) is 3.06. The summed E-state index contributed by atoms with van der Waals surface area (Å²) in [6.45, 7) is 0. The summed E-state index contributed by atoms with van der Waals surface area (Å²) in [4.78, 5) is 14.2. The van der Waals surface area contributed by atoms with Crippen LogP contribution in [0, 0.1) is 23.2 Å². The van der Waals surface area contributed by atoms with E-state index in [9.17, 15) is 4.79 Å². The van der Waals surface area contributed by atoms with E-state index in [0.29, 0.717) is 0 Å². The molecule has 2 aromatic rings. The van der Waals surface area contributed by atoms with Crippen LogP contribution < -0.4 is 4.74 Å². The van der Waals surface area contributed by atoms with E-state index in [-0.39, 0.29) is 17.4 Å². The molecule has 4 saturated carbocycles. The molecule has 7 rings (SSSR count). The van der Waals surface area contributed by atoms with Crippen LogP contribution in [-0.4, -0.2) is 23.7 Å². The lowest BCUT2D eigenvalue weighted by Gasteiger charge is -2.56. The molecular weight excluding hydrogens is 384 g/mol. The van der Waals surface area contributed by atoms with E-state index in [0.717, 1.165) is 60.5 Å². The second-order valence-corrected chi connectivity index (χ2v) is 10.3. The third kappa shape index (κ3) is 3.19. The molecule has 0 unspecified atom stereocenters.